The summed E-state index contributed by atoms with van der Waals surface area (Å²) >= 11 is 0. The van der Waals surface area contributed by atoms with Gasteiger partial charge in [-0.25, -0.2) is 0 Å². The lowest BCUT2D eigenvalue weighted by Crippen LogP contribution is -1.90. The lowest BCUT2D eigenvalue weighted by atomic mass is 10.1. The first-order chi connectivity index (χ1) is 7.26. The second-order valence-electron chi connectivity index (χ2n) is 3.18. The Kier molecular flexibility index (Phi) is 4.35. The highest BCUT2D eigenvalue weighted by molar-refractivity contribution is 5.74. The molecule has 0 saturated heterocycles. The average molecular weight is 202 g/mol. The fourth-order valence-electron chi connectivity index (χ4n) is 1.22. The zero-order valence-electron chi connectivity index (χ0n) is 8.61. The van der Waals surface area contributed by atoms with Crippen LogP contribution >= 0.6 is 0 Å². The standard InChI is InChI=1S/C13H14O2/c1-3-15-11(2)4-5-12-6-8-13(10-14)9-7-12/h3,6-10H,1-2,4-5H2. The molecule has 78 valence electrons. The van der Waals surface area contributed by atoms with Crippen LogP contribution in [0.2, 0.25) is 0 Å². The van der Waals surface area contributed by atoms with Crippen molar-refractivity contribution in [1.82, 2.24) is 0 Å². The van der Waals surface area contributed by atoms with Crippen LogP contribution in [0.4, 0.5) is 0 Å². The van der Waals surface area contributed by atoms with Gasteiger partial charge in [-0.05, 0) is 12.0 Å². The zero-order chi connectivity index (χ0) is 11.1. The molecule has 0 N–H and O–H groups in total. The number of aryl methyl sites for hydroxylation is 1. The first kappa shape index (κ1) is 11.2. The van der Waals surface area contributed by atoms with E-state index < -0.39 is 0 Å². The number of benzene rings is 1. The lowest BCUT2D eigenvalue weighted by molar-refractivity contribution is 0.112. The molecule has 2 heteroatoms. The van der Waals surface area contributed by atoms with E-state index in [0.29, 0.717) is 11.3 Å². The van der Waals surface area contributed by atoms with Crippen LogP contribution in [-0.4, -0.2) is 6.29 Å². The van der Waals surface area contributed by atoms with Crippen LogP contribution in [0.15, 0.2) is 49.4 Å². The van der Waals surface area contributed by atoms with Crippen LogP contribution in [0.5, 0.6) is 0 Å². The Balaban J connectivity index is 2.47. The normalized spacial score (nSPS) is 9.33. The average Bonchev–Trinajstić information content (AvgIpc) is 2.27. The Morgan fingerprint density at radius 1 is 1.33 bits per heavy atom. The van der Waals surface area contributed by atoms with Crippen molar-refractivity contribution in [2.24, 2.45) is 0 Å². The second-order valence-corrected chi connectivity index (χ2v) is 3.18. The maximum atomic E-state index is 10.4. The molecular weight excluding hydrogens is 188 g/mol. The van der Waals surface area contributed by atoms with Gasteiger partial charge in [0.2, 0.25) is 0 Å². The molecule has 15 heavy (non-hydrogen) atoms. The minimum absolute atomic E-state index is 0.694. The molecule has 0 heterocycles. The number of hydrogen-bond donors (Lipinski definition) is 0. The summed E-state index contributed by atoms with van der Waals surface area (Å²) in [5.41, 5.74) is 1.86. The maximum absolute atomic E-state index is 10.4. The fourth-order valence-corrected chi connectivity index (χ4v) is 1.22. The van der Waals surface area contributed by atoms with E-state index in [1.54, 1.807) is 12.1 Å². The molecule has 0 fully saturated rings. The van der Waals surface area contributed by atoms with Crippen molar-refractivity contribution < 1.29 is 9.53 Å². The molecule has 0 atom stereocenters. The molecule has 0 saturated carbocycles. The van der Waals surface area contributed by atoms with Crippen LogP contribution in [-0.2, 0) is 11.2 Å². The summed E-state index contributed by atoms with van der Waals surface area (Å²) in [6, 6.07) is 7.48. The van der Waals surface area contributed by atoms with Crippen molar-refractivity contribution in [3.05, 3.63) is 60.6 Å². The van der Waals surface area contributed by atoms with E-state index in [-0.39, 0.29) is 0 Å². The lowest BCUT2D eigenvalue weighted by Gasteiger charge is -2.04. The van der Waals surface area contributed by atoms with Gasteiger partial charge in [-0.15, -0.1) is 0 Å². The topological polar surface area (TPSA) is 26.3 Å². The molecule has 0 aromatic heterocycles. The predicted octanol–water partition coefficient (Wildman–Crippen LogP) is 3.11. The molecule has 0 amide bonds. The Morgan fingerprint density at radius 2 is 2.00 bits per heavy atom. The zero-order valence-corrected chi connectivity index (χ0v) is 8.61. The summed E-state index contributed by atoms with van der Waals surface area (Å²) in [6.45, 7) is 7.20. The highest BCUT2D eigenvalue weighted by Crippen LogP contribution is 2.09. The minimum Gasteiger partial charge on any atom is -0.471 e. The Bertz CT molecular complexity index is 349. The molecule has 2 nitrogen and oxygen atoms in total. The Morgan fingerprint density at radius 3 is 2.53 bits per heavy atom. The first-order valence-corrected chi connectivity index (χ1v) is 4.75. The van der Waals surface area contributed by atoms with Gasteiger partial charge in [0.15, 0.2) is 0 Å². The highest BCUT2D eigenvalue weighted by Gasteiger charge is 1.97. The smallest absolute Gasteiger partial charge is 0.150 e. The molecule has 0 radical (unpaired) electrons. The van der Waals surface area contributed by atoms with Gasteiger partial charge in [-0.2, -0.15) is 0 Å². The second kappa shape index (κ2) is 5.81. The van der Waals surface area contributed by atoms with E-state index in [0.717, 1.165) is 24.7 Å². The molecule has 1 rings (SSSR count). The van der Waals surface area contributed by atoms with E-state index in [1.165, 1.54) is 6.26 Å². The third-order valence-electron chi connectivity index (χ3n) is 2.06. The summed E-state index contributed by atoms with van der Waals surface area (Å²) < 4.78 is 5.02. The van der Waals surface area contributed by atoms with Crippen molar-refractivity contribution >= 4 is 6.29 Å². The van der Waals surface area contributed by atoms with Crippen molar-refractivity contribution in [1.29, 1.82) is 0 Å². The van der Waals surface area contributed by atoms with Crippen molar-refractivity contribution in [2.75, 3.05) is 0 Å². The van der Waals surface area contributed by atoms with Gasteiger partial charge in [0, 0.05) is 12.0 Å². The number of carbonyl (C=O) groups is 1. The SMILES string of the molecule is C=COC(=C)CCc1ccc(C=O)cc1. The third kappa shape index (κ3) is 3.81. The van der Waals surface area contributed by atoms with E-state index >= 15 is 0 Å². The molecule has 0 unspecified atom stereocenters. The molecule has 0 aliphatic heterocycles. The Labute approximate surface area is 89.9 Å². The summed E-state index contributed by atoms with van der Waals surface area (Å²) in [6.07, 6.45) is 3.82. The summed E-state index contributed by atoms with van der Waals surface area (Å²) in [5.74, 6) is 0.699. The fraction of sp³-hybridized carbons (Fsp3) is 0.154. The molecule has 0 spiro atoms. The van der Waals surface area contributed by atoms with Gasteiger partial charge in [-0.1, -0.05) is 37.4 Å². The third-order valence-corrected chi connectivity index (χ3v) is 2.06. The number of hydrogen-bond acceptors (Lipinski definition) is 2. The molecular formula is C13H14O2. The predicted molar refractivity (Wildman–Crippen MR) is 60.6 cm³/mol. The van der Waals surface area contributed by atoms with Crippen LogP contribution in [0.25, 0.3) is 0 Å². The highest BCUT2D eigenvalue weighted by atomic mass is 16.5. The summed E-state index contributed by atoms with van der Waals surface area (Å²) in [5, 5.41) is 0. The van der Waals surface area contributed by atoms with Crippen molar-refractivity contribution in [2.45, 2.75) is 12.8 Å². The van der Waals surface area contributed by atoms with Crippen LogP contribution < -0.4 is 0 Å². The molecule has 0 aliphatic rings. The van der Waals surface area contributed by atoms with Gasteiger partial charge in [0.25, 0.3) is 0 Å². The molecule has 1 aromatic carbocycles. The maximum Gasteiger partial charge on any atom is 0.150 e. The number of rotatable bonds is 6. The molecule has 0 bridgehead atoms. The van der Waals surface area contributed by atoms with Gasteiger partial charge in [-0.3, -0.25) is 4.79 Å². The van der Waals surface area contributed by atoms with E-state index in [2.05, 4.69) is 13.2 Å². The van der Waals surface area contributed by atoms with Crippen molar-refractivity contribution in [3.63, 3.8) is 0 Å². The van der Waals surface area contributed by atoms with Crippen LogP contribution in [0.3, 0.4) is 0 Å². The summed E-state index contributed by atoms with van der Waals surface area (Å²) in [7, 11) is 0. The van der Waals surface area contributed by atoms with Crippen LogP contribution in [0, 0.1) is 0 Å². The number of allylic oxidation sites excluding steroid dienone is 1. The first-order valence-electron chi connectivity index (χ1n) is 4.75. The largest absolute Gasteiger partial charge is 0.471 e. The van der Waals surface area contributed by atoms with E-state index in [1.807, 2.05) is 12.1 Å². The van der Waals surface area contributed by atoms with Gasteiger partial charge in [0.05, 0.1) is 12.0 Å². The number of ether oxygens (including phenoxy) is 1. The monoisotopic (exact) mass is 202 g/mol. The van der Waals surface area contributed by atoms with Gasteiger partial charge in [0.1, 0.15) is 6.29 Å². The molecule has 1 aromatic rings. The quantitative estimate of drug-likeness (QED) is 0.523. The van der Waals surface area contributed by atoms with Gasteiger partial charge < -0.3 is 4.74 Å². The van der Waals surface area contributed by atoms with E-state index in [4.69, 9.17) is 4.74 Å². The van der Waals surface area contributed by atoms with Crippen molar-refractivity contribution in [3.8, 4) is 0 Å². The molecule has 0 aliphatic carbocycles. The number of carbonyl (C=O) groups excluding carboxylic acids is 1. The van der Waals surface area contributed by atoms with Gasteiger partial charge >= 0.3 is 0 Å². The summed E-state index contributed by atoms with van der Waals surface area (Å²) in [4.78, 5) is 10.4. The minimum atomic E-state index is 0.694. The van der Waals surface area contributed by atoms with Crippen LogP contribution in [0.1, 0.15) is 22.3 Å². The van der Waals surface area contributed by atoms with E-state index in [9.17, 15) is 4.79 Å². The Hall–Kier alpha value is -1.83. The number of aldehydes is 1.